The van der Waals surface area contributed by atoms with Crippen LogP contribution in [0.2, 0.25) is 0 Å². The van der Waals surface area contributed by atoms with Gasteiger partial charge < -0.3 is 19.9 Å². The molecule has 9 heteroatoms. The van der Waals surface area contributed by atoms with Gasteiger partial charge in [-0.15, -0.1) is 0 Å². The van der Waals surface area contributed by atoms with Crippen molar-refractivity contribution in [3.8, 4) is 0 Å². The van der Waals surface area contributed by atoms with E-state index < -0.39 is 6.04 Å². The van der Waals surface area contributed by atoms with Crippen molar-refractivity contribution in [1.82, 2.24) is 20.0 Å². The van der Waals surface area contributed by atoms with Gasteiger partial charge in [-0.3, -0.25) is 24.1 Å². The SMILES string of the molecule is CCOC(=O)C1CCCN(C(=O)/C(C)=C/[C@H](C(C)C)N(C)C(=O)[C@@H](NC(=O)C2CCCCN2C(C)C)C(C)C)C1. The van der Waals surface area contributed by atoms with Gasteiger partial charge in [-0.25, -0.2) is 0 Å². The first-order valence-electron chi connectivity index (χ1n) is 15.3. The minimum Gasteiger partial charge on any atom is -0.466 e. The Morgan fingerprint density at radius 2 is 1.65 bits per heavy atom. The van der Waals surface area contributed by atoms with Crippen LogP contribution in [0.25, 0.3) is 0 Å². The fourth-order valence-corrected chi connectivity index (χ4v) is 5.93. The molecule has 4 atom stereocenters. The molecule has 2 unspecified atom stereocenters. The zero-order chi connectivity index (χ0) is 30.1. The van der Waals surface area contributed by atoms with Gasteiger partial charge in [-0.05, 0) is 71.8 Å². The first kappa shape index (κ1) is 33.8. The average Bonchev–Trinajstić information content (AvgIpc) is 2.92. The molecule has 0 aromatic carbocycles. The van der Waals surface area contributed by atoms with Crippen molar-refractivity contribution in [2.45, 2.75) is 112 Å². The van der Waals surface area contributed by atoms with Gasteiger partial charge in [-0.1, -0.05) is 40.2 Å². The van der Waals surface area contributed by atoms with Crippen molar-refractivity contribution in [1.29, 1.82) is 0 Å². The number of piperidine rings is 2. The second kappa shape index (κ2) is 15.5. The number of carbonyl (C=O) groups is 4. The highest BCUT2D eigenvalue weighted by atomic mass is 16.5. The summed E-state index contributed by atoms with van der Waals surface area (Å²) in [6, 6.07) is -0.958. The summed E-state index contributed by atoms with van der Waals surface area (Å²) in [4.78, 5) is 58.5. The lowest BCUT2D eigenvalue weighted by atomic mass is 9.95. The largest absolute Gasteiger partial charge is 0.466 e. The summed E-state index contributed by atoms with van der Waals surface area (Å²) in [6.07, 6.45) is 6.21. The highest BCUT2D eigenvalue weighted by Gasteiger charge is 2.36. The zero-order valence-corrected chi connectivity index (χ0v) is 26.4. The van der Waals surface area contributed by atoms with Crippen LogP contribution < -0.4 is 5.32 Å². The number of nitrogens with zero attached hydrogens (tertiary/aromatic N) is 3. The van der Waals surface area contributed by atoms with Gasteiger partial charge in [0.05, 0.1) is 24.6 Å². The molecule has 2 aliphatic heterocycles. The number of hydrogen-bond donors (Lipinski definition) is 1. The normalized spacial score (nSPS) is 22.3. The molecule has 228 valence electrons. The molecule has 0 saturated carbocycles. The Hall–Kier alpha value is -2.42. The van der Waals surface area contributed by atoms with Crippen molar-refractivity contribution >= 4 is 23.7 Å². The lowest BCUT2D eigenvalue weighted by Crippen LogP contribution is -2.58. The highest BCUT2D eigenvalue weighted by Crippen LogP contribution is 2.23. The van der Waals surface area contributed by atoms with Crippen molar-refractivity contribution in [2.24, 2.45) is 17.8 Å². The van der Waals surface area contributed by atoms with Gasteiger partial charge in [0.2, 0.25) is 17.7 Å². The van der Waals surface area contributed by atoms with E-state index in [0.29, 0.717) is 25.3 Å². The molecule has 0 aromatic rings. The summed E-state index contributed by atoms with van der Waals surface area (Å²) in [5, 5.41) is 3.09. The molecule has 2 heterocycles. The van der Waals surface area contributed by atoms with Crippen LogP contribution >= 0.6 is 0 Å². The number of likely N-dealkylation sites (tertiary alicyclic amines) is 2. The average molecular weight is 563 g/mol. The second-order valence-electron chi connectivity index (χ2n) is 12.4. The van der Waals surface area contributed by atoms with E-state index in [4.69, 9.17) is 4.74 Å². The first-order valence-corrected chi connectivity index (χ1v) is 15.3. The third-order valence-electron chi connectivity index (χ3n) is 8.31. The monoisotopic (exact) mass is 562 g/mol. The van der Waals surface area contributed by atoms with Crippen molar-refractivity contribution in [3.05, 3.63) is 11.6 Å². The highest BCUT2D eigenvalue weighted by molar-refractivity contribution is 5.94. The van der Waals surface area contributed by atoms with Crippen LogP contribution in [-0.4, -0.2) is 95.8 Å². The van der Waals surface area contributed by atoms with Crippen molar-refractivity contribution in [2.75, 3.05) is 33.3 Å². The molecule has 40 heavy (non-hydrogen) atoms. The first-order chi connectivity index (χ1) is 18.8. The van der Waals surface area contributed by atoms with Crippen LogP contribution in [0.3, 0.4) is 0 Å². The Kier molecular flexibility index (Phi) is 13.1. The Morgan fingerprint density at radius 3 is 2.23 bits per heavy atom. The Balaban J connectivity index is 2.17. The number of likely N-dealkylation sites (N-methyl/N-ethyl adjacent to an activating group) is 1. The van der Waals surface area contributed by atoms with Crippen LogP contribution in [-0.2, 0) is 23.9 Å². The number of rotatable bonds is 11. The van der Waals surface area contributed by atoms with E-state index in [2.05, 4.69) is 24.1 Å². The molecule has 2 fully saturated rings. The number of carbonyl (C=O) groups excluding carboxylic acids is 4. The van der Waals surface area contributed by atoms with Crippen LogP contribution in [0, 0.1) is 17.8 Å². The minimum atomic E-state index is -0.661. The Morgan fingerprint density at radius 1 is 0.975 bits per heavy atom. The molecule has 1 N–H and O–H groups in total. The van der Waals surface area contributed by atoms with Crippen LogP contribution in [0.5, 0.6) is 0 Å². The fraction of sp³-hybridized carbons (Fsp3) is 0.806. The van der Waals surface area contributed by atoms with Gasteiger partial charge in [0, 0.05) is 31.8 Å². The number of esters is 1. The maximum absolute atomic E-state index is 13.8. The molecule has 9 nitrogen and oxygen atoms in total. The van der Waals surface area contributed by atoms with Gasteiger partial charge >= 0.3 is 5.97 Å². The van der Waals surface area contributed by atoms with Crippen LogP contribution in [0.15, 0.2) is 11.6 Å². The zero-order valence-electron chi connectivity index (χ0n) is 26.4. The predicted molar refractivity (Wildman–Crippen MR) is 157 cm³/mol. The molecule has 0 spiro atoms. The molecular formula is C31H54N4O5. The molecule has 0 radical (unpaired) electrons. The number of nitrogens with one attached hydrogen (secondary N) is 1. The topological polar surface area (TPSA) is 99.3 Å². The number of ether oxygens (including phenoxy) is 1. The fourth-order valence-electron chi connectivity index (χ4n) is 5.93. The summed E-state index contributed by atoms with van der Waals surface area (Å²) in [7, 11) is 1.75. The quantitative estimate of drug-likeness (QED) is 0.305. The molecule has 2 rings (SSSR count). The van der Waals surface area contributed by atoms with Crippen LogP contribution in [0.4, 0.5) is 0 Å². The van der Waals surface area contributed by atoms with E-state index in [1.165, 1.54) is 0 Å². The minimum absolute atomic E-state index is 0.0450. The van der Waals surface area contributed by atoms with E-state index in [1.807, 2.05) is 33.8 Å². The van der Waals surface area contributed by atoms with Crippen molar-refractivity contribution in [3.63, 3.8) is 0 Å². The lowest BCUT2D eigenvalue weighted by molar-refractivity contribution is -0.151. The van der Waals surface area contributed by atoms with Gasteiger partial charge in [0.1, 0.15) is 6.04 Å². The summed E-state index contributed by atoms with van der Waals surface area (Å²) < 4.78 is 5.18. The summed E-state index contributed by atoms with van der Waals surface area (Å²) in [5.74, 6) is -0.976. The van der Waals surface area contributed by atoms with E-state index in [0.717, 1.165) is 38.6 Å². The van der Waals surface area contributed by atoms with E-state index >= 15 is 0 Å². The van der Waals surface area contributed by atoms with Crippen LogP contribution in [0.1, 0.15) is 87.5 Å². The molecule has 3 amide bonds. The third kappa shape index (κ3) is 8.79. The van der Waals surface area contributed by atoms with Gasteiger partial charge in [0.15, 0.2) is 0 Å². The maximum atomic E-state index is 13.8. The summed E-state index contributed by atoms with van der Waals surface area (Å²) in [5.41, 5.74) is 0.544. The standard InChI is InChI=1S/C31H54N4O5/c1-10-40-31(39)24-14-13-16-34(19-24)29(37)23(8)18-26(20(2)3)33(9)30(38)27(21(4)5)32-28(36)25-15-11-12-17-35(25)22(6)7/h18,20-22,24-27H,10-17,19H2,1-9H3,(H,32,36)/b23-18+/t24?,25?,26-,27+/m1/s1. The number of amides is 3. The molecule has 0 aromatic heterocycles. The van der Waals surface area contributed by atoms with E-state index in [9.17, 15) is 19.2 Å². The summed E-state index contributed by atoms with van der Waals surface area (Å²) in [6.45, 7) is 17.9. The molecule has 2 saturated heterocycles. The third-order valence-corrected chi connectivity index (χ3v) is 8.31. The molecule has 0 aliphatic carbocycles. The van der Waals surface area contributed by atoms with Gasteiger partial charge in [0.25, 0.3) is 0 Å². The van der Waals surface area contributed by atoms with E-state index in [1.54, 1.807) is 30.7 Å². The second-order valence-corrected chi connectivity index (χ2v) is 12.4. The molecule has 0 bridgehead atoms. The smallest absolute Gasteiger partial charge is 0.310 e. The molecular weight excluding hydrogens is 508 g/mol. The van der Waals surface area contributed by atoms with Crippen molar-refractivity contribution < 1.29 is 23.9 Å². The Bertz CT molecular complexity index is 915. The number of hydrogen-bond acceptors (Lipinski definition) is 6. The lowest BCUT2D eigenvalue weighted by Gasteiger charge is -2.39. The maximum Gasteiger partial charge on any atom is 0.310 e. The van der Waals surface area contributed by atoms with Gasteiger partial charge in [-0.2, -0.15) is 0 Å². The predicted octanol–water partition coefficient (Wildman–Crippen LogP) is 3.62. The Labute approximate surface area is 242 Å². The summed E-state index contributed by atoms with van der Waals surface area (Å²) >= 11 is 0. The van der Waals surface area contributed by atoms with E-state index in [-0.39, 0.29) is 59.6 Å². The molecule has 2 aliphatic rings.